The van der Waals surface area contributed by atoms with Crippen LogP contribution < -0.4 is 5.32 Å². The van der Waals surface area contributed by atoms with Crippen molar-refractivity contribution in [1.82, 2.24) is 9.88 Å². The Morgan fingerprint density at radius 1 is 1.26 bits per heavy atom. The van der Waals surface area contributed by atoms with Crippen molar-refractivity contribution in [3.8, 4) is 0 Å². The van der Waals surface area contributed by atoms with Crippen LogP contribution in [0, 0.1) is 13.8 Å². The summed E-state index contributed by atoms with van der Waals surface area (Å²) in [5.74, 6) is 0.853. The lowest BCUT2D eigenvalue weighted by atomic mass is 10.1. The van der Waals surface area contributed by atoms with E-state index in [1.807, 2.05) is 19.1 Å². The Kier molecular flexibility index (Phi) is 3.26. The van der Waals surface area contributed by atoms with Gasteiger partial charge in [-0.1, -0.05) is 29.8 Å². The molecule has 1 amide bonds. The Morgan fingerprint density at radius 3 is 2.83 bits per heavy atom. The molecule has 2 heterocycles. The summed E-state index contributed by atoms with van der Waals surface area (Å²) in [6.07, 6.45) is 2.17. The molecule has 0 aliphatic heterocycles. The summed E-state index contributed by atoms with van der Waals surface area (Å²) >= 11 is 0. The molecule has 0 atom stereocenters. The first-order valence-electron chi connectivity index (χ1n) is 8.06. The molecule has 0 radical (unpaired) electrons. The van der Waals surface area contributed by atoms with Crippen LogP contribution in [-0.2, 0) is 6.54 Å². The molecular formula is C19H20N2O2. The van der Waals surface area contributed by atoms with Crippen molar-refractivity contribution in [2.75, 3.05) is 0 Å². The van der Waals surface area contributed by atoms with E-state index in [1.165, 1.54) is 11.1 Å². The predicted molar refractivity (Wildman–Crippen MR) is 89.7 cm³/mol. The summed E-state index contributed by atoms with van der Waals surface area (Å²) in [5, 5.41) is 3.07. The van der Waals surface area contributed by atoms with Crippen LogP contribution in [0.5, 0.6) is 0 Å². The number of nitrogens with zero attached hydrogens (tertiary/aromatic N) is 1. The quantitative estimate of drug-likeness (QED) is 0.797. The normalized spacial score (nSPS) is 14.3. The average molecular weight is 308 g/mol. The van der Waals surface area contributed by atoms with Gasteiger partial charge in [-0.2, -0.15) is 0 Å². The highest BCUT2D eigenvalue weighted by atomic mass is 16.3. The number of aromatic nitrogens is 1. The SMILES string of the molecule is Cc1cccc(Cn2c(C(=O)NC3CC3)cc3oc(C)cc32)c1. The van der Waals surface area contributed by atoms with Crippen LogP contribution in [0.4, 0.5) is 0 Å². The number of carbonyl (C=O) groups is 1. The molecule has 1 N–H and O–H groups in total. The van der Waals surface area contributed by atoms with Crippen LogP contribution in [0.2, 0.25) is 0 Å². The van der Waals surface area contributed by atoms with Crippen LogP contribution in [-0.4, -0.2) is 16.5 Å². The van der Waals surface area contributed by atoms with Crippen LogP contribution in [0.3, 0.4) is 0 Å². The molecule has 2 aromatic heterocycles. The Balaban J connectivity index is 1.75. The summed E-state index contributed by atoms with van der Waals surface area (Å²) in [6, 6.07) is 12.6. The summed E-state index contributed by atoms with van der Waals surface area (Å²) in [5.41, 5.74) is 4.83. The van der Waals surface area contributed by atoms with Gasteiger partial charge in [-0.25, -0.2) is 0 Å². The van der Waals surface area contributed by atoms with Crippen molar-refractivity contribution in [3.05, 3.63) is 59.0 Å². The number of amides is 1. The second kappa shape index (κ2) is 5.30. The third-order valence-corrected chi connectivity index (χ3v) is 4.28. The second-order valence-corrected chi connectivity index (χ2v) is 6.46. The molecule has 0 bridgehead atoms. The van der Waals surface area contributed by atoms with Gasteiger partial charge in [-0.3, -0.25) is 4.79 Å². The van der Waals surface area contributed by atoms with Gasteiger partial charge in [-0.05, 0) is 32.3 Å². The Labute approximate surface area is 135 Å². The highest BCUT2D eigenvalue weighted by Crippen LogP contribution is 2.26. The monoisotopic (exact) mass is 308 g/mol. The predicted octanol–water partition coefficient (Wildman–Crippen LogP) is 3.79. The standard InChI is InChI=1S/C19H20N2O2/c1-12-4-3-5-14(8-12)11-21-16-9-13(2)23-18(16)10-17(21)19(22)20-15-6-7-15/h3-5,8-10,15H,6-7,11H2,1-2H3,(H,20,22). The maximum atomic E-state index is 12.6. The molecule has 0 spiro atoms. The van der Waals surface area contributed by atoms with Crippen LogP contribution in [0.15, 0.2) is 40.8 Å². The number of carbonyl (C=O) groups excluding carboxylic acids is 1. The highest BCUT2D eigenvalue weighted by molar-refractivity contribution is 5.98. The van der Waals surface area contributed by atoms with E-state index in [9.17, 15) is 4.79 Å². The summed E-state index contributed by atoms with van der Waals surface area (Å²) in [6.45, 7) is 4.68. The van der Waals surface area contributed by atoms with Crippen molar-refractivity contribution in [2.24, 2.45) is 0 Å². The van der Waals surface area contributed by atoms with Crippen molar-refractivity contribution in [3.63, 3.8) is 0 Å². The lowest BCUT2D eigenvalue weighted by Crippen LogP contribution is -2.27. The molecule has 0 saturated heterocycles. The molecule has 118 valence electrons. The van der Waals surface area contributed by atoms with Gasteiger partial charge in [0, 0.05) is 24.7 Å². The van der Waals surface area contributed by atoms with Gasteiger partial charge in [-0.15, -0.1) is 0 Å². The zero-order chi connectivity index (χ0) is 16.0. The van der Waals surface area contributed by atoms with E-state index in [2.05, 4.69) is 41.1 Å². The van der Waals surface area contributed by atoms with Crippen molar-refractivity contribution >= 4 is 17.0 Å². The molecular weight excluding hydrogens is 288 g/mol. The molecule has 1 aliphatic carbocycles. The first-order chi connectivity index (χ1) is 11.1. The van der Waals surface area contributed by atoms with E-state index < -0.39 is 0 Å². The fourth-order valence-corrected chi connectivity index (χ4v) is 3.00. The van der Waals surface area contributed by atoms with E-state index in [4.69, 9.17) is 4.42 Å². The van der Waals surface area contributed by atoms with E-state index in [0.29, 0.717) is 18.3 Å². The number of benzene rings is 1. The van der Waals surface area contributed by atoms with Gasteiger partial charge in [0.25, 0.3) is 5.91 Å². The second-order valence-electron chi connectivity index (χ2n) is 6.46. The number of hydrogen-bond donors (Lipinski definition) is 1. The maximum absolute atomic E-state index is 12.6. The molecule has 4 rings (SSSR count). The molecule has 1 fully saturated rings. The van der Waals surface area contributed by atoms with Gasteiger partial charge in [0.2, 0.25) is 0 Å². The third kappa shape index (κ3) is 2.77. The highest BCUT2D eigenvalue weighted by Gasteiger charge is 2.26. The zero-order valence-electron chi connectivity index (χ0n) is 13.4. The van der Waals surface area contributed by atoms with E-state index in [0.717, 1.165) is 29.7 Å². The Bertz CT molecular complexity index is 884. The maximum Gasteiger partial charge on any atom is 0.268 e. The molecule has 1 saturated carbocycles. The summed E-state index contributed by atoms with van der Waals surface area (Å²) in [7, 11) is 0. The summed E-state index contributed by atoms with van der Waals surface area (Å²) in [4.78, 5) is 12.6. The van der Waals surface area contributed by atoms with Gasteiger partial charge >= 0.3 is 0 Å². The molecule has 0 unspecified atom stereocenters. The lowest BCUT2D eigenvalue weighted by Gasteiger charge is -2.11. The summed E-state index contributed by atoms with van der Waals surface area (Å²) < 4.78 is 7.77. The number of hydrogen-bond acceptors (Lipinski definition) is 2. The van der Waals surface area contributed by atoms with E-state index >= 15 is 0 Å². The first-order valence-corrected chi connectivity index (χ1v) is 8.06. The van der Waals surface area contributed by atoms with Crippen molar-refractivity contribution in [2.45, 2.75) is 39.3 Å². The smallest absolute Gasteiger partial charge is 0.268 e. The molecule has 1 aromatic carbocycles. The molecule has 23 heavy (non-hydrogen) atoms. The topological polar surface area (TPSA) is 47.2 Å². The van der Waals surface area contributed by atoms with Crippen molar-refractivity contribution < 1.29 is 9.21 Å². The molecule has 1 aliphatic rings. The number of rotatable bonds is 4. The van der Waals surface area contributed by atoms with Gasteiger partial charge in [0.1, 0.15) is 11.5 Å². The number of fused-ring (bicyclic) bond motifs is 1. The minimum atomic E-state index is -0.00999. The number of furan rings is 1. The fraction of sp³-hybridized carbons (Fsp3) is 0.316. The molecule has 4 nitrogen and oxygen atoms in total. The molecule has 3 aromatic rings. The zero-order valence-corrected chi connectivity index (χ0v) is 13.4. The van der Waals surface area contributed by atoms with Crippen LogP contribution >= 0.6 is 0 Å². The van der Waals surface area contributed by atoms with Gasteiger partial charge < -0.3 is 14.3 Å². The number of aryl methyl sites for hydroxylation is 2. The molecule has 4 heteroatoms. The first kappa shape index (κ1) is 14.1. The largest absolute Gasteiger partial charge is 0.460 e. The minimum absolute atomic E-state index is 0.00999. The lowest BCUT2D eigenvalue weighted by molar-refractivity contribution is 0.0942. The Morgan fingerprint density at radius 2 is 2.09 bits per heavy atom. The van der Waals surface area contributed by atoms with E-state index in [1.54, 1.807) is 0 Å². The minimum Gasteiger partial charge on any atom is -0.460 e. The Hall–Kier alpha value is -2.49. The fourth-order valence-electron chi connectivity index (χ4n) is 3.00. The van der Waals surface area contributed by atoms with Crippen molar-refractivity contribution in [1.29, 1.82) is 0 Å². The van der Waals surface area contributed by atoms with E-state index in [-0.39, 0.29) is 5.91 Å². The van der Waals surface area contributed by atoms with Gasteiger partial charge in [0.05, 0.1) is 5.52 Å². The van der Waals surface area contributed by atoms with Crippen LogP contribution in [0.1, 0.15) is 40.2 Å². The van der Waals surface area contributed by atoms with Crippen LogP contribution in [0.25, 0.3) is 11.1 Å². The number of nitrogens with one attached hydrogen (secondary N) is 1. The van der Waals surface area contributed by atoms with Gasteiger partial charge in [0.15, 0.2) is 5.58 Å². The third-order valence-electron chi connectivity index (χ3n) is 4.28. The average Bonchev–Trinajstić information content (AvgIpc) is 3.15.